The first-order chi connectivity index (χ1) is 14.3. The van der Waals surface area contributed by atoms with Crippen LogP contribution in [0.4, 0.5) is 13.2 Å². The van der Waals surface area contributed by atoms with E-state index in [-0.39, 0.29) is 12.3 Å². The van der Waals surface area contributed by atoms with Gasteiger partial charge in [-0.3, -0.25) is 14.2 Å². The molecule has 0 amide bonds. The number of alkyl halides is 3. The third-order valence-electron chi connectivity index (χ3n) is 5.38. The summed E-state index contributed by atoms with van der Waals surface area (Å²) in [5, 5.41) is 1.80. The van der Waals surface area contributed by atoms with Gasteiger partial charge in [-0.25, -0.2) is 0 Å². The fraction of sp³-hybridized carbons (Fsp3) is 0.130. The molecule has 0 aliphatic rings. The highest BCUT2D eigenvalue weighted by atomic mass is 19.4. The predicted octanol–water partition coefficient (Wildman–Crippen LogP) is 5.48. The predicted molar refractivity (Wildman–Crippen MR) is 108 cm³/mol. The van der Waals surface area contributed by atoms with E-state index in [4.69, 9.17) is 0 Å². The van der Waals surface area contributed by atoms with Gasteiger partial charge in [0.25, 0.3) is 5.91 Å². The van der Waals surface area contributed by atoms with E-state index in [1.165, 1.54) is 29.7 Å². The summed E-state index contributed by atoms with van der Waals surface area (Å²) in [5.74, 6) is -0.800. The van der Waals surface area contributed by atoms with Crippen molar-refractivity contribution in [3.05, 3.63) is 71.8 Å². The summed E-state index contributed by atoms with van der Waals surface area (Å²) in [7, 11) is 0. The second kappa shape index (κ2) is 6.19. The smallest absolute Gasteiger partial charge is 0.331 e. The Labute approximate surface area is 168 Å². The van der Waals surface area contributed by atoms with Crippen LogP contribution in [0.2, 0.25) is 0 Å². The maximum atomic E-state index is 13.4. The molecule has 0 unspecified atom stereocenters. The Balaban J connectivity index is 1.78. The fourth-order valence-electron chi connectivity index (χ4n) is 4.17. The summed E-state index contributed by atoms with van der Waals surface area (Å²) in [5.41, 5.74) is 1.17. The second-order valence-corrected chi connectivity index (χ2v) is 7.35. The zero-order valence-corrected chi connectivity index (χ0v) is 15.8. The van der Waals surface area contributed by atoms with E-state index in [1.807, 2.05) is 28.8 Å². The summed E-state index contributed by atoms with van der Waals surface area (Å²) in [6.07, 6.45) is -4.64. The van der Waals surface area contributed by atoms with E-state index in [9.17, 15) is 22.8 Å². The SMILES string of the molecule is CC(=O)Cn1c2ccccc2c2cc3cc(c21)N3C(=O)c1ccccc1C(F)(F)F. The number of pyridine rings is 1. The first-order valence-corrected chi connectivity index (χ1v) is 9.32. The van der Waals surface area contributed by atoms with Gasteiger partial charge < -0.3 is 4.57 Å². The number of para-hydroxylation sites is 1. The number of ketones is 1. The topological polar surface area (TPSA) is 44.0 Å². The molecule has 2 bridgehead atoms. The molecule has 150 valence electrons. The molecule has 4 nitrogen and oxygen atoms in total. The van der Waals surface area contributed by atoms with Gasteiger partial charge in [-0.05, 0) is 37.3 Å². The van der Waals surface area contributed by atoms with Crippen molar-refractivity contribution < 1.29 is 22.8 Å². The highest BCUT2D eigenvalue weighted by Crippen LogP contribution is 2.38. The van der Waals surface area contributed by atoms with Gasteiger partial charge >= 0.3 is 6.18 Å². The molecule has 30 heavy (non-hydrogen) atoms. The molecule has 7 heteroatoms. The van der Waals surface area contributed by atoms with Crippen LogP contribution in [0, 0.1) is 0 Å². The Morgan fingerprint density at radius 1 is 0.900 bits per heavy atom. The van der Waals surface area contributed by atoms with E-state index >= 15 is 0 Å². The molecule has 0 N–H and O–H groups in total. The van der Waals surface area contributed by atoms with Crippen molar-refractivity contribution in [1.29, 1.82) is 0 Å². The highest BCUT2D eigenvalue weighted by Gasteiger charge is 2.36. The van der Waals surface area contributed by atoms with E-state index in [0.29, 0.717) is 16.6 Å². The standard InChI is InChI=1S/C23H15F3N2O2/c1-13(29)12-27-19-9-5-3-6-15(19)17-10-14-11-20(21(17)27)28(14)22(30)16-7-2-4-8-18(16)23(24,25)26/h2-11H,12H2,1H3. The van der Waals surface area contributed by atoms with Crippen LogP contribution < -0.4 is 0 Å². The lowest BCUT2D eigenvalue weighted by atomic mass is 10.0. The van der Waals surface area contributed by atoms with Crippen molar-refractivity contribution in [3.8, 4) is 0 Å². The Kier molecular flexibility index (Phi) is 3.80. The van der Waals surface area contributed by atoms with Crippen molar-refractivity contribution >= 4 is 44.5 Å². The maximum Gasteiger partial charge on any atom is 0.417 e. The van der Waals surface area contributed by atoms with E-state index in [1.54, 1.807) is 12.1 Å². The summed E-state index contributed by atoms with van der Waals surface area (Å²) in [4.78, 5) is 25.0. The zero-order valence-electron chi connectivity index (χ0n) is 15.8. The number of carbonyl (C=O) groups is 2. The molecule has 6 aromatic rings. The lowest BCUT2D eigenvalue weighted by molar-refractivity contribution is -0.138. The van der Waals surface area contributed by atoms with Gasteiger partial charge in [-0.2, -0.15) is 13.2 Å². The van der Waals surface area contributed by atoms with Crippen LogP contribution in [0.25, 0.3) is 32.8 Å². The minimum absolute atomic E-state index is 0.0615. The Morgan fingerprint density at radius 2 is 1.60 bits per heavy atom. The van der Waals surface area contributed by atoms with Crippen LogP contribution >= 0.6 is 0 Å². The average molecular weight is 408 g/mol. The highest BCUT2D eigenvalue weighted by molar-refractivity contribution is 6.20. The Hall–Kier alpha value is -3.61. The van der Waals surface area contributed by atoms with Gasteiger partial charge in [-0.1, -0.05) is 30.3 Å². The van der Waals surface area contributed by atoms with Crippen molar-refractivity contribution in [2.75, 3.05) is 0 Å². The molecular weight excluding hydrogens is 393 g/mol. The van der Waals surface area contributed by atoms with Gasteiger partial charge in [0.2, 0.25) is 0 Å². The number of hydrogen-bond donors (Lipinski definition) is 0. The minimum Gasteiger partial charge on any atom is -0.331 e. The largest absolute Gasteiger partial charge is 0.417 e. The quantitative estimate of drug-likeness (QED) is 0.397. The second-order valence-electron chi connectivity index (χ2n) is 7.35. The van der Waals surface area contributed by atoms with Gasteiger partial charge in [0, 0.05) is 16.3 Å². The molecule has 0 saturated heterocycles. The van der Waals surface area contributed by atoms with Gasteiger partial charge in [0.1, 0.15) is 5.78 Å². The van der Waals surface area contributed by atoms with Crippen LogP contribution in [-0.2, 0) is 17.5 Å². The summed E-state index contributed by atoms with van der Waals surface area (Å²) in [6, 6.07) is 15.9. The van der Waals surface area contributed by atoms with Crippen LogP contribution in [0.1, 0.15) is 22.8 Å². The average Bonchev–Trinajstić information content (AvgIpc) is 3.01. The molecule has 0 saturated carbocycles. The van der Waals surface area contributed by atoms with Gasteiger partial charge in [0.05, 0.1) is 34.2 Å². The molecule has 3 aromatic heterocycles. The summed E-state index contributed by atoms with van der Waals surface area (Å²) in [6.45, 7) is 1.58. The molecule has 0 fully saturated rings. The van der Waals surface area contributed by atoms with Crippen molar-refractivity contribution in [3.63, 3.8) is 0 Å². The van der Waals surface area contributed by atoms with E-state index < -0.39 is 23.2 Å². The van der Waals surface area contributed by atoms with Crippen LogP contribution in [0.3, 0.4) is 0 Å². The third-order valence-corrected chi connectivity index (χ3v) is 5.38. The summed E-state index contributed by atoms with van der Waals surface area (Å²) >= 11 is 0. The van der Waals surface area contributed by atoms with Gasteiger partial charge in [-0.15, -0.1) is 0 Å². The molecule has 0 aliphatic heterocycles. The number of hydrogen-bond acceptors (Lipinski definition) is 2. The zero-order chi connectivity index (χ0) is 21.2. The lowest BCUT2D eigenvalue weighted by Crippen LogP contribution is -2.22. The third kappa shape index (κ3) is 2.55. The number of fused-ring (bicyclic) bond motifs is 1. The number of Topliss-reactive ketones (excluding diaryl/α,β-unsaturated/α-hetero) is 1. The minimum atomic E-state index is -4.64. The van der Waals surface area contributed by atoms with Crippen molar-refractivity contribution in [2.45, 2.75) is 19.6 Å². The number of halogens is 3. The molecule has 6 rings (SSSR count). The molecule has 0 radical (unpaired) electrons. The Bertz CT molecular complexity index is 1460. The number of benzene rings is 3. The van der Waals surface area contributed by atoms with E-state index in [0.717, 1.165) is 22.4 Å². The molecule has 3 heterocycles. The first kappa shape index (κ1) is 18.4. The lowest BCUT2D eigenvalue weighted by Gasteiger charge is -2.21. The maximum absolute atomic E-state index is 13.4. The monoisotopic (exact) mass is 408 g/mol. The molecule has 0 atom stereocenters. The Morgan fingerprint density at radius 3 is 2.33 bits per heavy atom. The van der Waals surface area contributed by atoms with Crippen LogP contribution in [0.15, 0.2) is 60.7 Å². The number of rotatable bonds is 3. The van der Waals surface area contributed by atoms with Crippen LogP contribution in [-0.4, -0.2) is 20.8 Å². The number of aromatic nitrogens is 2. The van der Waals surface area contributed by atoms with Gasteiger partial charge in [0.15, 0.2) is 0 Å². The molecule has 3 aromatic carbocycles. The molecule has 0 spiro atoms. The summed E-state index contributed by atoms with van der Waals surface area (Å²) < 4.78 is 43.4. The van der Waals surface area contributed by atoms with Crippen molar-refractivity contribution in [1.82, 2.24) is 9.13 Å². The number of carbonyl (C=O) groups excluding carboxylic acids is 2. The van der Waals surface area contributed by atoms with Crippen molar-refractivity contribution in [2.24, 2.45) is 0 Å². The molecular formula is C23H15F3N2O2. The normalized spacial score (nSPS) is 12.4. The first-order valence-electron chi connectivity index (χ1n) is 9.32. The number of nitrogens with zero attached hydrogens (tertiary/aromatic N) is 2. The van der Waals surface area contributed by atoms with Crippen LogP contribution in [0.5, 0.6) is 0 Å². The fourth-order valence-corrected chi connectivity index (χ4v) is 4.17. The van der Waals surface area contributed by atoms with E-state index in [2.05, 4.69) is 0 Å². The molecule has 0 aliphatic carbocycles.